The fourth-order valence-corrected chi connectivity index (χ4v) is 3.34. The van der Waals surface area contributed by atoms with E-state index in [1.54, 1.807) is 37.7 Å². The number of nitrogens with zero attached hydrogens (tertiary/aromatic N) is 2. The van der Waals surface area contributed by atoms with E-state index in [1.165, 1.54) is 12.1 Å². The number of halogens is 1. The molecule has 0 saturated heterocycles. The summed E-state index contributed by atoms with van der Waals surface area (Å²) in [7, 11) is 1.74. The van der Waals surface area contributed by atoms with Crippen molar-refractivity contribution >= 4 is 11.7 Å². The third-order valence-corrected chi connectivity index (χ3v) is 5.08. The molecule has 1 aromatic carbocycles. The highest BCUT2D eigenvalue weighted by Crippen LogP contribution is 2.37. The number of hydrogen-bond acceptors (Lipinski definition) is 3. The zero-order valence-electron chi connectivity index (χ0n) is 14.7. The first-order chi connectivity index (χ1) is 11.9. The van der Waals surface area contributed by atoms with Gasteiger partial charge in [0.05, 0.1) is 17.3 Å². The van der Waals surface area contributed by atoms with Crippen LogP contribution in [0.2, 0.25) is 0 Å². The van der Waals surface area contributed by atoms with E-state index in [-0.39, 0.29) is 17.8 Å². The van der Waals surface area contributed by atoms with Crippen molar-refractivity contribution in [3.05, 3.63) is 52.6 Å². The molecule has 1 aliphatic carbocycles. The van der Waals surface area contributed by atoms with Crippen molar-refractivity contribution in [1.29, 1.82) is 0 Å². The Morgan fingerprint density at radius 2 is 1.88 bits per heavy atom. The van der Waals surface area contributed by atoms with Gasteiger partial charge >= 0.3 is 0 Å². The normalized spacial score (nSPS) is 15.5. The number of Topliss-reactive ketones (excluding diaryl/α,β-unsaturated/α-hetero) is 1. The summed E-state index contributed by atoms with van der Waals surface area (Å²) in [5.41, 5.74) is 2.39. The first kappa shape index (κ1) is 17.3. The zero-order valence-corrected chi connectivity index (χ0v) is 14.7. The molecule has 1 fully saturated rings. The number of carbonyl (C=O) groups is 2. The Hall–Kier alpha value is -2.50. The Morgan fingerprint density at radius 1 is 1.24 bits per heavy atom. The monoisotopic (exact) mass is 343 g/mol. The van der Waals surface area contributed by atoms with E-state index >= 15 is 0 Å². The number of aryl methyl sites for hydroxylation is 2. The number of benzene rings is 1. The second-order valence-corrected chi connectivity index (χ2v) is 6.69. The maximum absolute atomic E-state index is 13.2. The van der Waals surface area contributed by atoms with Crippen LogP contribution in [0.15, 0.2) is 24.3 Å². The largest absolute Gasteiger partial charge is 0.342 e. The summed E-state index contributed by atoms with van der Waals surface area (Å²) in [6, 6.07) is 5.82. The molecular formula is C19H22FN3O2. The van der Waals surface area contributed by atoms with Crippen LogP contribution in [0.3, 0.4) is 0 Å². The van der Waals surface area contributed by atoms with Gasteiger partial charge in [-0.05, 0) is 50.3 Å². The van der Waals surface area contributed by atoms with Crippen LogP contribution in [-0.2, 0) is 11.8 Å². The van der Waals surface area contributed by atoms with Crippen molar-refractivity contribution in [2.45, 2.75) is 39.2 Å². The van der Waals surface area contributed by atoms with Gasteiger partial charge in [-0.1, -0.05) is 18.6 Å². The van der Waals surface area contributed by atoms with Crippen molar-refractivity contribution in [2.75, 3.05) is 0 Å². The van der Waals surface area contributed by atoms with Gasteiger partial charge in [-0.15, -0.1) is 0 Å². The molecule has 1 aliphatic rings. The molecule has 0 bridgehead atoms. The van der Waals surface area contributed by atoms with Crippen LogP contribution in [0.25, 0.3) is 0 Å². The topological polar surface area (TPSA) is 64.0 Å². The maximum Gasteiger partial charge on any atom is 0.293 e. The number of amides is 1. The Labute approximate surface area is 146 Å². The Bertz CT molecular complexity index is 807. The van der Waals surface area contributed by atoms with Crippen LogP contribution in [0.4, 0.5) is 4.39 Å². The Kier molecular flexibility index (Phi) is 4.70. The lowest BCUT2D eigenvalue weighted by molar-refractivity contribution is -0.118. The lowest BCUT2D eigenvalue weighted by atomic mass is 9.77. The standard InChI is InChI=1S/C19H22FN3O2/c1-11-16(12(2)23(3)22-11)18(24)19(25)21-17(13-5-4-6-13)14-7-9-15(20)10-8-14/h7-10,13,17H,4-6H2,1-3H3,(H,21,25)/t17-/m0/s1. The molecule has 6 heteroatoms. The molecule has 0 unspecified atom stereocenters. The predicted molar refractivity (Wildman–Crippen MR) is 91.6 cm³/mol. The lowest BCUT2D eigenvalue weighted by Gasteiger charge is -2.34. The molecular weight excluding hydrogens is 321 g/mol. The minimum absolute atomic E-state index is 0.275. The highest BCUT2D eigenvalue weighted by atomic mass is 19.1. The van der Waals surface area contributed by atoms with Gasteiger partial charge < -0.3 is 5.32 Å². The smallest absolute Gasteiger partial charge is 0.293 e. The fraction of sp³-hybridized carbons (Fsp3) is 0.421. The molecule has 1 amide bonds. The number of rotatable bonds is 5. The molecule has 1 heterocycles. The molecule has 1 aromatic heterocycles. The summed E-state index contributed by atoms with van der Waals surface area (Å²) >= 11 is 0. The van der Waals surface area contributed by atoms with E-state index in [4.69, 9.17) is 0 Å². The molecule has 0 aliphatic heterocycles. The molecule has 0 radical (unpaired) electrons. The fourth-order valence-electron chi connectivity index (χ4n) is 3.34. The van der Waals surface area contributed by atoms with Crippen LogP contribution < -0.4 is 5.32 Å². The molecule has 132 valence electrons. The van der Waals surface area contributed by atoms with Crippen molar-refractivity contribution in [3.8, 4) is 0 Å². The maximum atomic E-state index is 13.2. The van der Waals surface area contributed by atoms with Crippen LogP contribution >= 0.6 is 0 Å². The van der Waals surface area contributed by atoms with E-state index < -0.39 is 11.7 Å². The van der Waals surface area contributed by atoms with Gasteiger partial charge in [0.1, 0.15) is 5.82 Å². The van der Waals surface area contributed by atoms with Crippen LogP contribution in [0, 0.1) is 25.6 Å². The highest BCUT2D eigenvalue weighted by molar-refractivity contribution is 6.43. The summed E-state index contributed by atoms with van der Waals surface area (Å²) in [5.74, 6) is -1.26. The highest BCUT2D eigenvalue weighted by Gasteiger charge is 2.32. The Morgan fingerprint density at radius 3 is 2.36 bits per heavy atom. The van der Waals surface area contributed by atoms with Crippen LogP contribution in [0.1, 0.15) is 52.6 Å². The van der Waals surface area contributed by atoms with Crippen LogP contribution in [-0.4, -0.2) is 21.5 Å². The van der Waals surface area contributed by atoms with Gasteiger partial charge in [-0.2, -0.15) is 5.10 Å². The van der Waals surface area contributed by atoms with Gasteiger partial charge in [-0.25, -0.2) is 4.39 Å². The molecule has 1 N–H and O–H groups in total. The molecule has 3 rings (SSSR count). The van der Waals surface area contributed by atoms with Gasteiger partial charge in [0.15, 0.2) is 0 Å². The van der Waals surface area contributed by atoms with E-state index in [1.807, 2.05) is 0 Å². The average molecular weight is 343 g/mol. The van der Waals surface area contributed by atoms with E-state index in [0.29, 0.717) is 17.0 Å². The van der Waals surface area contributed by atoms with Crippen molar-refractivity contribution in [2.24, 2.45) is 13.0 Å². The SMILES string of the molecule is Cc1nn(C)c(C)c1C(=O)C(=O)N[C@H](c1ccc(F)cc1)C1CCC1. The molecule has 1 atom stereocenters. The zero-order chi connectivity index (χ0) is 18.1. The molecule has 1 saturated carbocycles. The third kappa shape index (κ3) is 3.34. The summed E-state index contributed by atoms with van der Waals surface area (Å²) in [6.07, 6.45) is 3.08. The second kappa shape index (κ2) is 6.78. The van der Waals surface area contributed by atoms with E-state index in [0.717, 1.165) is 24.8 Å². The van der Waals surface area contributed by atoms with Gasteiger partial charge in [0, 0.05) is 12.7 Å². The van der Waals surface area contributed by atoms with Gasteiger partial charge in [-0.3, -0.25) is 14.3 Å². The van der Waals surface area contributed by atoms with Crippen LogP contribution in [0.5, 0.6) is 0 Å². The van der Waals surface area contributed by atoms with Crippen molar-refractivity contribution in [1.82, 2.24) is 15.1 Å². The number of ketones is 1. The lowest BCUT2D eigenvalue weighted by Crippen LogP contribution is -2.40. The van der Waals surface area contributed by atoms with Gasteiger partial charge in [0.2, 0.25) is 0 Å². The van der Waals surface area contributed by atoms with Crippen molar-refractivity contribution in [3.63, 3.8) is 0 Å². The number of carbonyl (C=O) groups excluding carboxylic acids is 2. The number of aromatic nitrogens is 2. The first-order valence-corrected chi connectivity index (χ1v) is 8.49. The summed E-state index contributed by atoms with van der Waals surface area (Å²) in [5, 5.41) is 7.07. The molecule has 0 spiro atoms. The van der Waals surface area contributed by atoms with Gasteiger partial charge in [0.25, 0.3) is 11.7 Å². The summed E-state index contributed by atoms with van der Waals surface area (Å²) in [4.78, 5) is 25.2. The minimum Gasteiger partial charge on any atom is -0.342 e. The molecule has 2 aromatic rings. The van der Waals surface area contributed by atoms with Crippen molar-refractivity contribution < 1.29 is 14.0 Å². The van der Waals surface area contributed by atoms with E-state index in [2.05, 4.69) is 10.4 Å². The minimum atomic E-state index is -0.638. The predicted octanol–water partition coefficient (Wildman–Crippen LogP) is 3.02. The average Bonchev–Trinajstić information content (AvgIpc) is 2.77. The second-order valence-electron chi connectivity index (χ2n) is 6.69. The molecule has 5 nitrogen and oxygen atoms in total. The summed E-state index contributed by atoms with van der Waals surface area (Å²) in [6.45, 7) is 3.49. The van der Waals surface area contributed by atoms with E-state index in [9.17, 15) is 14.0 Å². The first-order valence-electron chi connectivity index (χ1n) is 8.49. The number of nitrogens with one attached hydrogen (secondary N) is 1. The molecule has 25 heavy (non-hydrogen) atoms. The summed E-state index contributed by atoms with van der Waals surface area (Å²) < 4.78 is 14.8. The quantitative estimate of drug-likeness (QED) is 0.670. The Balaban J connectivity index is 1.82. The number of hydrogen-bond donors (Lipinski definition) is 1. The third-order valence-electron chi connectivity index (χ3n) is 5.08.